The van der Waals surface area contributed by atoms with Crippen LogP contribution >= 0.6 is 0 Å². The van der Waals surface area contributed by atoms with Crippen LogP contribution < -0.4 is 19.4 Å². The van der Waals surface area contributed by atoms with Crippen LogP contribution in [-0.2, 0) is 16.1 Å². The number of likely N-dealkylation sites (N-methyl/N-ethyl adjacent to an activating group) is 1. The molecular formula is C21H26N6O3. The Bertz CT molecular complexity index is 940. The van der Waals surface area contributed by atoms with E-state index in [1.54, 1.807) is 25.3 Å². The molecule has 0 bridgehead atoms. The number of anilines is 3. The van der Waals surface area contributed by atoms with E-state index in [9.17, 15) is 9.59 Å². The van der Waals surface area contributed by atoms with Crippen molar-refractivity contribution in [3.8, 4) is 5.75 Å². The smallest absolute Gasteiger partial charge is 0.246 e. The average Bonchev–Trinajstić information content (AvgIpc) is 2.89. The number of amides is 2. The van der Waals surface area contributed by atoms with Gasteiger partial charge in [0.2, 0.25) is 11.8 Å². The Hall–Kier alpha value is -3.36. The van der Waals surface area contributed by atoms with E-state index in [4.69, 9.17) is 4.74 Å². The van der Waals surface area contributed by atoms with Gasteiger partial charge < -0.3 is 24.3 Å². The van der Waals surface area contributed by atoms with E-state index < -0.39 is 0 Å². The largest absolute Gasteiger partial charge is 0.497 e. The summed E-state index contributed by atoms with van der Waals surface area (Å²) in [6.07, 6.45) is 1.55. The Kier molecular flexibility index (Phi) is 5.43. The van der Waals surface area contributed by atoms with Crippen LogP contribution in [0.3, 0.4) is 0 Å². The van der Waals surface area contributed by atoms with Crippen LogP contribution in [0, 0.1) is 0 Å². The molecule has 2 aliphatic rings. The molecule has 30 heavy (non-hydrogen) atoms. The van der Waals surface area contributed by atoms with Crippen molar-refractivity contribution in [1.82, 2.24) is 14.9 Å². The van der Waals surface area contributed by atoms with E-state index in [1.807, 2.05) is 41.1 Å². The molecule has 1 saturated heterocycles. The summed E-state index contributed by atoms with van der Waals surface area (Å²) in [4.78, 5) is 41.4. The molecule has 3 heterocycles. The van der Waals surface area contributed by atoms with Crippen molar-refractivity contribution in [1.29, 1.82) is 0 Å². The maximum absolute atomic E-state index is 13.0. The van der Waals surface area contributed by atoms with E-state index in [0.717, 1.165) is 28.6 Å². The minimum atomic E-state index is -0.00647. The minimum Gasteiger partial charge on any atom is -0.497 e. The highest BCUT2D eigenvalue weighted by molar-refractivity contribution is 5.98. The normalized spacial score (nSPS) is 17.0. The lowest BCUT2D eigenvalue weighted by Crippen LogP contribution is -2.48. The van der Waals surface area contributed by atoms with Crippen molar-refractivity contribution in [3.63, 3.8) is 0 Å². The fourth-order valence-electron chi connectivity index (χ4n) is 3.98. The molecule has 2 aromatic rings. The molecule has 4 rings (SSSR count). The third-order valence-corrected chi connectivity index (χ3v) is 5.66. The van der Waals surface area contributed by atoms with Crippen molar-refractivity contribution < 1.29 is 14.3 Å². The zero-order valence-electron chi connectivity index (χ0n) is 17.5. The van der Waals surface area contributed by atoms with Gasteiger partial charge in [0.05, 0.1) is 25.8 Å². The van der Waals surface area contributed by atoms with Crippen LogP contribution in [-0.4, -0.2) is 73.6 Å². The lowest BCUT2D eigenvalue weighted by atomic mass is 10.2. The standard InChI is InChI=1S/C21H26N6O3/c1-15(28)25-8-10-26(11-9-25)21-18-12-27(16-4-6-17(30-3)7-5-16)19(29)13-24(2)20(18)22-14-23-21/h4-7,14H,8-13H2,1-3H3. The molecule has 0 unspecified atom stereocenters. The molecule has 0 radical (unpaired) electrons. The summed E-state index contributed by atoms with van der Waals surface area (Å²) in [5, 5.41) is 0. The van der Waals surface area contributed by atoms with Crippen molar-refractivity contribution in [3.05, 3.63) is 36.2 Å². The molecule has 1 fully saturated rings. The third-order valence-electron chi connectivity index (χ3n) is 5.66. The summed E-state index contributed by atoms with van der Waals surface area (Å²) in [5.41, 5.74) is 1.72. The number of nitrogens with zero attached hydrogens (tertiary/aromatic N) is 6. The van der Waals surface area contributed by atoms with Crippen molar-refractivity contribution in [2.45, 2.75) is 13.5 Å². The zero-order valence-corrected chi connectivity index (χ0v) is 17.5. The van der Waals surface area contributed by atoms with Crippen LogP contribution in [0.5, 0.6) is 5.75 Å². The first-order valence-electron chi connectivity index (χ1n) is 9.98. The number of hydrogen-bond acceptors (Lipinski definition) is 7. The molecule has 0 saturated carbocycles. The Morgan fingerprint density at radius 3 is 2.30 bits per heavy atom. The first kappa shape index (κ1) is 19.9. The topological polar surface area (TPSA) is 82.1 Å². The van der Waals surface area contributed by atoms with Gasteiger partial charge in [-0.1, -0.05) is 0 Å². The zero-order chi connectivity index (χ0) is 21.3. The second-order valence-electron chi connectivity index (χ2n) is 7.53. The molecule has 0 spiro atoms. The number of carbonyl (C=O) groups is 2. The number of hydrogen-bond donors (Lipinski definition) is 0. The fourth-order valence-corrected chi connectivity index (χ4v) is 3.98. The molecule has 9 nitrogen and oxygen atoms in total. The number of ether oxygens (including phenoxy) is 1. The molecule has 1 aromatic heterocycles. The number of carbonyl (C=O) groups excluding carboxylic acids is 2. The Morgan fingerprint density at radius 1 is 1.00 bits per heavy atom. The second-order valence-corrected chi connectivity index (χ2v) is 7.53. The van der Waals surface area contributed by atoms with E-state index >= 15 is 0 Å². The van der Waals surface area contributed by atoms with Crippen LogP contribution in [0.1, 0.15) is 12.5 Å². The van der Waals surface area contributed by atoms with Gasteiger partial charge in [0, 0.05) is 45.8 Å². The number of methoxy groups -OCH3 is 1. The first-order valence-corrected chi connectivity index (χ1v) is 9.98. The predicted molar refractivity (Wildman–Crippen MR) is 114 cm³/mol. The van der Waals surface area contributed by atoms with E-state index in [-0.39, 0.29) is 18.4 Å². The van der Waals surface area contributed by atoms with E-state index in [2.05, 4.69) is 14.9 Å². The lowest BCUT2D eigenvalue weighted by Gasteiger charge is -2.36. The Morgan fingerprint density at radius 2 is 1.67 bits per heavy atom. The second kappa shape index (κ2) is 8.17. The van der Waals surface area contributed by atoms with E-state index in [0.29, 0.717) is 32.7 Å². The van der Waals surface area contributed by atoms with Gasteiger partial charge in [-0.2, -0.15) is 0 Å². The number of aromatic nitrogens is 2. The molecular weight excluding hydrogens is 384 g/mol. The Balaban J connectivity index is 1.67. The maximum atomic E-state index is 13.0. The van der Waals surface area contributed by atoms with Gasteiger partial charge in [-0.15, -0.1) is 0 Å². The molecule has 0 aliphatic carbocycles. The maximum Gasteiger partial charge on any atom is 0.246 e. The summed E-state index contributed by atoms with van der Waals surface area (Å²) in [6.45, 7) is 4.92. The van der Waals surface area contributed by atoms with Gasteiger partial charge in [-0.05, 0) is 24.3 Å². The van der Waals surface area contributed by atoms with Crippen LogP contribution in [0.15, 0.2) is 30.6 Å². The van der Waals surface area contributed by atoms with Gasteiger partial charge in [0.1, 0.15) is 23.7 Å². The lowest BCUT2D eigenvalue weighted by molar-refractivity contribution is -0.129. The van der Waals surface area contributed by atoms with Crippen molar-refractivity contribution >= 4 is 29.1 Å². The summed E-state index contributed by atoms with van der Waals surface area (Å²) in [6, 6.07) is 7.47. The molecule has 0 N–H and O–H groups in total. The van der Waals surface area contributed by atoms with Crippen LogP contribution in [0.25, 0.3) is 0 Å². The van der Waals surface area contributed by atoms with Gasteiger partial charge in [-0.25, -0.2) is 9.97 Å². The summed E-state index contributed by atoms with van der Waals surface area (Å²) in [5.74, 6) is 2.41. The molecule has 0 atom stereocenters. The Labute approximate surface area is 175 Å². The fraction of sp³-hybridized carbons (Fsp3) is 0.429. The molecule has 9 heteroatoms. The summed E-state index contributed by atoms with van der Waals surface area (Å²) >= 11 is 0. The van der Waals surface area contributed by atoms with Gasteiger partial charge in [0.25, 0.3) is 0 Å². The van der Waals surface area contributed by atoms with Gasteiger partial charge in [-0.3, -0.25) is 9.59 Å². The molecule has 2 amide bonds. The SMILES string of the molecule is COc1ccc(N2Cc3c(ncnc3N3CCN(C(C)=O)CC3)N(C)CC2=O)cc1. The highest BCUT2D eigenvalue weighted by Crippen LogP contribution is 2.32. The average molecular weight is 410 g/mol. The summed E-state index contributed by atoms with van der Waals surface area (Å²) < 4.78 is 5.24. The number of benzene rings is 1. The van der Waals surface area contributed by atoms with Crippen LogP contribution in [0.4, 0.5) is 17.3 Å². The van der Waals surface area contributed by atoms with Gasteiger partial charge >= 0.3 is 0 Å². The summed E-state index contributed by atoms with van der Waals surface area (Å²) in [7, 11) is 3.49. The van der Waals surface area contributed by atoms with Gasteiger partial charge in [0.15, 0.2) is 0 Å². The molecule has 2 aliphatic heterocycles. The third kappa shape index (κ3) is 3.74. The molecule has 158 valence electrons. The van der Waals surface area contributed by atoms with Crippen LogP contribution in [0.2, 0.25) is 0 Å². The number of fused-ring (bicyclic) bond motifs is 1. The number of rotatable bonds is 3. The highest BCUT2D eigenvalue weighted by Gasteiger charge is 2.30. The predicted octanol–water partition coefficient (Wildman–Crippen LogP) is 1.14. The quantitative estimate of drug-likeness (QED) is 0.750. The highest BCUT2D eigenvalue weighted by atomic mass is 16.5. The van der Waals surface area contributed by atoms with Crippen molar-refractivity contribution in [2.24, 2.45) is 0 Å². The first-order chi connectivity index (χ1) is 14.5. The minimum absolute atomic E-state index is 0.00647. The monoisotopic (exact) mass is 410 g/mol. The number of piperazine rings is 1. The molecule has 1 aromatic carbocycles. The van der Waals surface area contributed by atoms with E-state index in [1.165, 1.54) is 0 Å². The van der Waals surface area contributed by atoms with Crippen molar-refractivity contribution in [2.75, 3.05) is 61.6 Å².